The Kier molecular flexibility index (Phi) is 17.2. The number of carbonyl (C=O) groups excluding carboxylic acids is 1. The summed E-state index contributed by atoms with van der Waals surface area (Å²) in [4.78, 5) is 11.6. The van der Waals surface area contributed by atoms with Crippen molar-refractivity contribution in [3.63, 3.8) is 0 Å². The molecule has 0 rings (SSSR count). The highest BCUT2D eigenvalue weighted by molar-refractivity contribution is 8.06. The molecule has 22 heavy (non-hydrogen) atoms. The van der Waals surface area contributed by atoms with Gasteiger partial charge in [0.25, 0.3) is 0 Å². The van der Waals surface area contributed by atoms with E-state index in [1.165, 1.54) is 47.8 Å². The number of hydrogen-bond donors (Lipinski definition) is 1. The topological polar surface area (TPSA) is 48.0 Å². The molecule has 0 bridgehead atoms. The predicted molar refractivity (Wildman–Crippen MR) is 95.3 cm³/mol. The molecule has 0 aliphatic heterocycles. The van der Waals surface area contributed by atoms with Gasteiger partial charge in [0, 0.05) is 12.4 Å². The summed E-state index contributed by atoms with van der Waals surface area (Å²) in [6.07, 6.45) is 7.01. The Morgan fingerprint density at radius 3 is 2.32 bits per heavy atom. The van der Waals surface area contributed by atoms with Crippen LogP contribution in [0.15, 0.2) is 0 Å². The van der Waals surface area contributed by atoms with E-state index in [4.69, 9.17) is 14.2 Å². The number of unbranched alkanes of at least 4 members (excludes halogenated alkanes) is 5. The van der Waals surface area contributed by atoms with E-state index < -0.39 is 6.09 Å². The van der Waals surface area contributed by atoms with Crippen molar-refractivity contribution in [3.8, 4) is 0 Å². The van der Waals surface area contributed by atoms with Gasteiger partial charge in [-0.1, -0.05) is 39.0 Å². The Labute approximate surface area is 145 Å². The average Bonchev–Trinajstić information content (AvgIpc) is 2.52. The molecule has 0 aliphatic carbocycles. The molecule has 5 nitrogen and oxygen atoms in total. The fourth-order valence-electron chi connectivity index (χ4n) is 1.69. The number of carbonyl (C=O) groups is 1. The fraction of sp³-hybridized carbons (Fsp3) is 0.933. The third-order valence-corrected chi connectivity index (χ3v) is 4.27. The normalized spacial score (nSPS) is 10.7. The SMILES string of the molecule is CCCCCCCCSN(S)C(=O)OCCOCCOCC. The van der Waals surface area contributed by atoms with Crippen molar-refractivity contribution in [1.82, 2.24) is 3.71 Å². The van der Waals surface area contributed by atoms with Gasteiger partial charge in [0.05, 0.1) is 19.8 Å². The van der Waals surface area contributed by atoms with Gasteiger partial charge in [-0.25, -0.2) is 4.79 Å². The van der Waals surface area contributed by atoms with Crippen LogP contribution in [0.3, 0.4) is 0 Å². The average molecular weight is 354 g/mol. The van der Waals surface area contributed by atoms with Crippen molar-refractivity contribution in [1.29, 1.82) is 0 Å². The molecule has 0 aromatic rings. The van der Waals surface area contributed by atoms with E-state index in [1.807, 2.05) is 6.92 Å². The van der Waals surface area contributed by atoms with E-state index in [0.717, 1.165) is 12.2 Å². The molecule has 0 unspecified atom stereocenters. The monoisotopic (exact) mass is 353 g/mol. The highest BCUT2D eigenvalue weighted by atomic mass is 32.2. The molecule has 0 aliphatic rings. The highest BCUT2D eigenvalue weighted by Crippen LogP contribution is 2.17. The van der Waals surface area contributed by atoms with E-state index in [2.05, 4.69) is 19.7 Å². The lowest BCUT2D eigenvalue weighted by atomic mass is 10.1. The zero-order valence-electron chi connectivity index (χ0n) is 13.9. The molecule has 0 fully saturated rings. The predicted octanol–water partition coefficient (Wildman–Crippen LogP) is 4.33. The zero-order chi connectivity index (χ0) is 16.5. The molecule has 1 amide bonds. The van der Waals surface area contributed by atoms with Gasteiger partial charge in [-0.3, -0.25) is 0 Å². The first-order valence-corrected chi connectivity index (χ1v) is 9.50. The smallest absolute Gasteiger partial charge is 0.430 e. The van der Waals surface area contributed by atoms with E-state index in [-0.39, 0.29) is 6.61 Å². The zero-order valence-corrected chi connectivity index (χ0v) is 15.6. The molecule has 132 valence electrons. The molecule has 0 atom stereocenters. The van der Waals surface area contributed by atoms with Crippen LogP contribution in [0.4, 0.5) is 4.79 Å². The lowest BCUT2D eigenvalue weighted by molar-refractivity contribution is 0.0308. The fourth-order valence-corrected chi connectivity index (χ4v) is 2.66. The van der Waals surface area contributed by atoms with Crippen molar-refractivity contribution in [2.45, 2.75) is 52.4 Å². The molecule has 0 N–H and O–H groups in total. The van der Waals surface area contributed by atoms with Gasteiger partial charge < -0.3 is 14.2 Å². The van der Waals surface area contributed by atoms with E-state index in [9.17, 15) is 4.79 Å². The van der Waals surface area contributed by atoms with Gasteiger partial charge in [-0.2, -0.15) is 3.71 Å². The second-order valence-electron chi connectivity index (χ2n) is 4.80. The molecule has 0 heterocycles. The van der Waals surface area contributed by atoms with Crippen LogP contribution in [0, 0.1) is 0 Å². The summed E-state index contributed by atoms with van der Waals surface area (Å²) >= 11 is 5.50. The van der Waals surface area contributed by atoms with E-state index in [1.54, 1.807) is 0 Å². The summed E-state index contributed by atoms with van der Waals surface area (Å²) < 4.78 is 16.7. The Bertz CT molecular complexity index is 258. The number of rotatable bonds is 15. The van der Waals surface area contributed by atoms with Crippen LogP contribution < -0.4 is 0 Å². The molecule has 0 saturated heterocycles. The minimum atomic E-state index is -0.437. The van der Waals surface area contributed by atoms with Crippen LogP contribution in [-0.2, 0) is 14.2 Å². The first-order valence-electron chi connectivity index (χ1n) is 8.16. The molecule has 0 aromatic heterocycles. The van der Waals surface area contributed by atoms with Gasteiger partial charge in [0.2, 0.25) is 0 Å². The highest BCUT2D eigenvalue weighted by Gasteiger charge is 2.11. The first-order chi connectivity index (χ1) is 10.7. The lowest BCUT2D eigenvalue weighted by Gasteiger charge is -2.14. The Morgan fingerprint density at radius 2 is 1.59 bits per heavy atom. The third-order valence-electron chi connectivity index (χ3n) is 2.90. The van der Waals surface area contributed by atoms with Crippen LogP contribution in [0.5, 0.6) is 0 Å². The maximum Gasteiger partial charge on any atom is 0.430 e. The number of nitrogens with zero attached hydrogens (tertiary/aromatic N) is 1. The molecule has 0 radical (unpaired) electrons. The lowest BCUT2D eigenvalue weighted by Crippen LogP contribution is -2.19. The standard InChI is InChI=1S/C15H31NO4S2/c1-3-5-6-7-8-9-14-22-16(21)15(17)20-13-12-19-11-10-18-4-2/h21H,3-14H2,1-2H3. The second kappa shape index (κ2) is 17.2. The first kappa shape index (κ1) is 21.9. The summed E-state index contributed by atoms with van der Waals surface area (Å²) in [5, 5.41) is 0. The summed E-state index contributed by atoms with van der Waals surface area (Å²) in [5.74, 6) is 0.885. The van der Waals surface area contributed by atoms with Crippen LogP contribution in [0.1, 0.15) is 52.4 Å². The maximum atomic E-state index is 11.6. The number of thiol groups is 1. The number of amides is 1. The van der Waals surface area contributed by atoms with Gasteiger partial charge in [0.1, 0.15) is 6.61 Å². The third kappa shape index (κ3) is 14.8. The Balaban J connectivity index is 3.36. The van der Waals surface area contributed by atoms with E-state index >= 15 is 0 Å². The molecule has 0 aromatic carbocycles. The van der Waals surface area contributed by atoms with Crippen LogP contribution in [0.25, 0.3) is 0 Å². The summed E-state index contributed by atoms with van der Waals surface area (Å²) in [6, 6.07) is 0. The largest absolute Gasteiger partial charge is 0.446 e. The maximum absolute atomic E-state index is 11.6. The van der Waals surface area contributed by atoms with Crippen molar-refractivity contribution >= 4 is 30.9 Å². The minimum Gasteiger partial charge on any atom is -0.446 e. The molecular formula is C15H31NO4S2. The van der Waals surface area contributed by atoms with Crippen molar-refractivity contribution < 1.29 is 19.0 Å². The van der Waals surface area contributed by atoms with Gasteiger partial charge in [-0.05, 0) is 38.1 Å². The van der Waals surface area contributed by atoms with Crippen molar-refractivity contribution in [2.75, 3.05) is 38.8 Å². The molecular weight excluding hydrogens is 322 g/mol. The Morgan fingerprint density at radius 1 is 0.955 bits per heavy atom. The summed E-state index contributed by atoms with van der Waals surface area (Å²) in [5.41, 5.74) is 0. The van der Waals surface area contributed by atoms with Crippen LogP contribution in [-0.4, -0.2) is 48.6 Å². The van der Waals surface area contributed by atoms with Gasteiger partial charge in [0.15, 0.2) is 0 Å². The number of ether oxygens (including phenoxy) is 3. The van der Waals surface area contributed by atoms with Crippen molar-refractivity contribution in [3.05, 3.63) is 0 Å². The molecule has 0 saturated carbocycles. The molecule has 0 spiro atoms. The number of hydrogen-bond acceptors (Lipinski definition) is 6. The van der Waals surface area contributed by atoms with Crippen LogP contribution in [0.2, 0.25) is 0 Å². The van der Waals surface area contributed by atoms with E-state index in [0.29, 0.717) is 26.4 Å². The quantitative estimate of drug-likeness (QED) is 0.270. The second-order valence-corrected chi connectivity index (χ2v) is 6.50. The summed E-state index contributed by atoms with van der Waals surface area (Å²) in [6.45, 7) is 6.53. The van der Waals surface area contributed by atoms with Gasteiger partial charge >= 0.3 is 6.09 Å². The van der Waals surface area contributed by atoms with Gasteiger partial charge in [-0.15, -0.1) is 0 Å². The Hall–Kier alpha value is -0.110. The molecule has 7 heteroatoms. The van der Waals surface area contributed by atoms with Crippen LogP contribution >= 0.6 is 24.8 Å². The minimum absolute atomic E-state index is 0.236. The summed E-state index contributed by atoms with van der Waals surface area (Å²) in [7, 11) is 0. The van der Waals surface area contributed by atoms with Crippen molar-refractivity contribution in [2.24, 2.45) is 0 Å².